The predicted octanol–water partition coefficient (Wildman–Crippen LogP) is 4.22. The first kappa shape index (κ1) is 24.1. The summed E-state index contributed by atoms with van der Waals surface area (Å²) < 4.78 is 40.6. The first-order valence-corrected chi connectivity index (χ1v) is 12.8. The van der Waals surface area contributed by atoms with Crippen LogP contribution in [0.3, 0.4) is 0 Å². The second-order valence-electron chi connectivity index (χ2n) is 8.32. The van der Waals surface area contributed by atoms with Gasteiger partial charge in [-0.1, -0.05) is 48.5 Å². The summed E-state index contributed by atoms with van der Waals surface area (Å²) in [5, 5.41) is 3.05. The summed E-state index contributed by atoms with van der Waals surface area (Å²) in [5.41, 5.74) is 2.69. The lowest BCUT2D eigenvalue weighted by Crippen LogP contribution is -2.44. The Labute approximate surface area is 200 Å². The molecule has 1 N–H and O–H groups in total. The van der Waals surface area contributed by atoms with E-state index in [1.807, 2.05) is 66.4 Å². The van der Waals surface area contributed by atoms with Gasteiger partial charge in [-0.2, -0.15) is 4.31 Å². The third kappa shape index (κ3) is 5.35. The molecule has 1 fully saturated rings. The van der Waals surface area contributed by atoms with Crippen LogP contribution in [0.2, 0.25) is 0 Å². The predicted molar refractivity (Wildman–Crippen MR) is 131 cm³/mol. The number of hydrogen-bond donors (Lipinski definition) is 1. The fraction of sp³-hybridized carbons (Fsp3) is 0.269. The minimum Gasteiger partial charge on any atom is -0.324 e. The molecule has 1 aliphatic rings. The Balaban J connectivity index is 1.43. The zero-order valence-electron chi connectivity index (χ0n) is 19.0. The van der Waals surface area contributed by atoms with Gasteiger partial charge in [0.1, 0.15) is 5.82 Å². The lowest BCUT2D eigenvalue weighted by Gasteiger charge is -2.27. The highest BCUT2D eigenvalue weighted by Crippen LogP contribution is 2.28. The van der Waals surface area contributed by atoms with Gasteiger partial charge in [-0.3, -0.25) is 9.69 Å². The van der Waals surface area contributed by atoms with Crippen LogP contribution >= 0.6 is 0 Å². The van der Waals surface area contributed by atoms with Crippen LogP contribution in [0.5, 0.6) is 0 Å². The van der Waals surface area contributed by atoms with Crippen LogP contribution in [0.4, 0.5) is 10.1 Å². The molecule has 34 heavy (non-hydrogen) atoms. The number of anilines is 1. The van der Waals surface area contributed by atoms with Crippen molar-refractivity contribution < 1.29 is 17.6 Å². The monoisotopic (exact) mass is 481 g/mol. The molecule has 0 aliphatic carbocycles. The second-order valence-corrected chi connectivity index (χ2v) is 10.3. The van der Waals surface area contributed by atoms with Gasteiger partial charge in [-0.15, -0.1) is 0 Å². The second kappa shape index (κ2) is 10.5. The first-order chi connectivity index (χ1) is 16.4. The number of carbonyl (C=O) groups excluding carboxylic acids is 1. The quantitative estimate of drug-likeness (QED) is 0.573. The summed E-state index contributed by atoms with van der Waals surface area (Å²) in [6, 6.07) is 22.0. The van der Waals surface area contributed by atoms with Crippen LogP contribution in [-0.2, 0) is 14.8 Å². The molecule has 1 heterocycles. The normalized spacial score (nSPS) is 16.5. The van der Waals surface area contributed by atoms with E-state index in [1.54, 1.807) is 0 Å². The van der Waals surface area contributed by atoms with Gasteiger partial charge in [0.25, 0.3) is 0 Å². The molecule has 0 radical (unpaired) electrons. The van der Waals surface area contributed by atoms with E-state index in [2.05, 4.69) is 5.32 Å². The van der Waals surface area contributed by atoms with Crippen molar-refractivity contribution >= 4 is 21.6 Å². The molecule has 1 amide bonds. The maximum absolute atomic E-state index is 13.2. The molecule has 1 saturated heterocycles. The highest BCUT2D eigenvalue weighted by molar-refractivity contribution is 7.89. The topological polar surface area (TPSA) is 69.7 Å². The van der Waals surface area contributed by atoms with Crippen molar-refractivity contribution in [3.05, 3.63) is 84.7 Å². The van der Waals surface area contributed by atoms with E-state index >= 15 is 0 Å². The average Bonchev–Trinajstić information content (AvgIpc) is 3.12. The molecule has 6 nitrogen and oxygen atoms in total. The van der Waals surface area contributed by atoms with E-state index in [1.165, 1.54) is 16.4 Å². The molecule has 0 unspecified atom stereocenters. The molecular formula is C26H28FN3O3S. The van der Waals surface area contributed by atoms with Crippen LogP contribution < -0.4 is 5.32 Å². The molecule has 3 aromatic rings. The van der Waals surface area contributed by atoms with Gasteiger partial charge in [-0.25, -0.2) is 12.8 Å². The number of para-hydroxylation sites is 1. The molecule has 3 aromatic carbocycles. The molecule has 0 bridgehead atoms. The van der Waals surface area contributed by atoms with Crippen LogP contribution in [-0.4, -0.2) is 55.8 Å². The van der Waals surface area contributed by atoms with Crippen molar-refractivity contribution in [1.82, 2.24) is 9.21 Å². The number of amides is 1. The van der Waals surface area contributed by atoms with Crippen molar-refractivity contribution in [1.29, 1.82) is 0 Å². The van der Waals surface area contributed by atoms with Crippen molar-refractivity contribution in [2.24, 2.45) is 0 Å². The molecule has 8 heteroatoms. The fourth-order valence-electron chi connectivity index (χ4n) is 4.16. The zero-order valence-corrected chi connectivity index (χ0v) is 19.8. The molecule has 1 atom stereocenters. The Hall–Kier alpha value is -3.07. The van der Waals surface area contributed by atoms with Gasteiger partial charge in [0.15, 0.2) is 0 Å². The van der Waals surface area contributed by atoms with Gasteiger partial charge in [0.2, 0.25) is 15.9 Å². The van der Waals surface area contributed by atoms with Crippen LogP contribution in [0, 0.1) is 5.82 Å². The smallest absolute Gasteiger partial charge is 0.243 e. The first-order valence-electron chi connectivity index (χ1n) is 11.3. The van der Waals surface area contributed by atoms with Crippen molar-refractivity contribution in [2.45, 2.75) is 24.3 Å². The summed E-state index contributed by atoms with van der Waals surface area (Å²) in [6.07, 6.45) is 0.596. The third-order valence-electron chi connectivity index (χ3n) is 6.14. The Kier molecular flexibility index (Phi) is 7.41. The summed E-state index contributed by atoms with van der Waals surface area (Å²) in [6.45, 7) is 3.48. The number of benzene rings is 3. The molecule has 0 saturated carbocycles. The standard InChI is InChI=1S/C26H28FN3O3S/c1-20(26(31)28-25-11-6-5-10-24(25)21-8-3-2-4-9-21)29-16-7-17-30(19-18-29)34(32,33)23-14-12-22(27)13-15-23/h2-6,8-15,20H,7,16-19H2,1H3,(H,28,31)/t20-/m1/s1. The number of rotatable bonds is 6. The average molecular weight is 482 g/mol. The van der Waals surface area contributed by atoms with Gasteiger partial charge in [0, 0.05) is 37.4 Å². The molecule has 0 aromatic heterocycles. The Morgan fingerprint density at radius 3 is 2.29 bits per heavy atom. The van der Waals surface area contributed by atoms with Gasteiger partial charge in [0.05, 0.1) is 10.9 Å². The summed E-state index contributed by atoms with van der Waals surface area (Å²) in [5.74, 6) is -0.618. The Morgan fingerprint density at radius 2 is 1.56 bits per heavy atom. The van der Waals surface area contributed by atoms with Crippen LogP contribution in [0.1, 0.15) is 13.3 Å². The largest absolute Gasteiger partial charge is 0.324 e. The molecule has 0 spiro atoms. The highest BCUT2D eigenvalue weighted by atomic mass is 32.2. The minimum atomic E-state index is -3.72. The van der Waals surface area contributed by atoms with E-state index < -0.39 is 21.9 Å². The van der Waals surface area contributed by atoms with E-state index in [0.29, 0.717) is 26.1 Å². The maximum atomic E-state index is 13.2. The maximum Gasteiger partial charge on any atom is 0.243 e. The number of nitrogens with zero attached hydrogens (tertiary/aromatic N) is 2. The zero-order chi connectivity index (χ0) is 24.1. The van der Waals surface area contributed by atoms with Gasteiger partial charge in [-0.05, 0) is 49.2 Å². The number of nitrogens with one attached hydrogen (secondary N) is 1. The van der Waals surface area contributed by atoms with E-state index in [4.69, 9.17) is 0 Å². The van der Waals surface area contributed by atoms with Crippen molar-refractivity contribution in [3.63, 3.8) is 0 Å². The SMILES string of the molecule is C[C@H](C(=O)Nc1ccccc1-c1ccccc1)N1CCCN(S(=O)(=O)c2ccc(F)cc2)CC1. The highest BCUT2D eigenvalue weighted by Gasteiger charge is 2.30. The Morgan fingerprint density at radius 1 is 0.882 bits per heavy atom. The fourth-order valence-corrected chi connectivity index (χ4v) is 5.63. The third-order valence-corrected chi connectivity index (χ3v) is 8.05. The molecular weight excluding hydrogens is 453 g/mol. The van der Waals surface area contributed by atoms with Gasteiger partial charge >= 0.3 is 0 Å². The van der Waals surface area contributed by atoms with Crippen molar-refractivity contribution in [3.8, 4) is 11.1 Å². The lowest BCUT2D eigenvalue weighted by molar-refractivity contribution is -0.120. The number of sulfonamides is 1. The lowest BCUT2D eigenvalue weighted by atomic mass is 10.0. The number of carbonyl (C=O) groups is 1. The number of hydrogen-bond acceptors (Lipinski definition) is 4. The van der Waals surface area contributed by atoms with Crippen LogP contribution in [0.25, 0.3) is 11.1 Å². The van der Waals surface area contributed by atoms with E-state index in [-0.39, 0.29) is 17.3 Å². The van der Waals surface area contributed by atoms with E-state index in [0.717, 1.165) is 28.9 Å². The minimum absolute atomic E-state index is 0.0747. The summed E-state index contributed by atoms with van der Waals surface area (Å²) in [4.78, 5) is 15.2. The molecule has 178 valence electrons. The number of halogens is 1. The van der Waals surface area contributed by atoms with E-state index in [9.17, 15) is 17.6 Å². The van der Waals surface area contributed by atoms with Gasteiger partial charge < -0.3 is 5.32 Å². The summed E-state index contributed by atoms with van der Waals surface area (Å²) >= 11 is 0. The van der Waals surface area contributed by atoms with Crippen molar-refractivity contribution in [2.75, 3.05) is 31.5 Å². The molecule has 4 rings (SSSR count). The molecule has 1 aliphatic heterocycles. The summed E-state index contributed by atoms with van der Waals surface area (Å²) in [7, 11) is -3.72. The van der Waals surface area contributed by atoms with Crippen LogP contribution in [0.15, 0.2) is 83.8 Å². The Bertz CT molecular complexity index is 1230.